The Bertz CT molecular complexity index is 4190. The number of hydrogen-bond donors (Lipinski definition) is 0. The van der Waals surface area contributed by atoms with Crippen molar-refractivity contribution in [3.05, 3.63) is 253 Å². The van der Waals surface area contributed by atoms with E-state index in [2.05, 4.69) is 160 Å². The molecule has 0 saturated carbocycles. The summed E-state index contributed by atoms with van der Waals surface area (Å²) >= 11 is 0. The summed E-state index contributed by atoms with van der Waals surface area (Å²) in [5.41, 5.74) is 15.0. The molecule has 0 radical (unpaired) electrons. The van der Waals surface area contributed by atoms with Crippen LogP contribution < -0.4 is 0 Å². The molecule has 0 bridgehead atoms. The molecule has 0 aliphatic carbocycles. The maximum Gasteiger partial charge on any atom is 0.187 e. The van der Waals surface area contributed by atoms with Crippen LogP contribution in [0.2, 0.25) is 0 Å². The average Bonchev–Trinajstić information content (AvgIpc) is 4.00. The molecule has 0 spiro atoms. The van der Waals surface area contributed by atoms with Gasteiger partial charge in [0.25, 0.3) is 0 Å². The van der Waals surface area contributed by atoms with Gasteiger partial charge in [-0.15, -0.1) is 0 Å². The van der Waals surface area contributed by atoms with E-state index in [1.54, 1.807) is 0 Å². The minimum Gasteiger partial charge on any atom is -0.309 e. The Labute approximate surface area is 426 Å². The fourth-order valence-corrected chi connectivity index (χ4v) is 10.5. The number of aromatic nitrogens is 5. The molecule has 0 fully saturated rings. The number of hydrogen-bond acceptors (Lipinski definition) is 5. The Morgan fingerprint density at radius 2 is 0.811 bits per heavy atom. The lowest BCUT2D eigenvalue weighted by atomic mass is 9.96. The van der Waals surface area contributed by atoms with E-state index in [0.717, 1.165) is 105 Å². The highest BCUT2D eigenvalue weighted by molar-refractivity contribution is 6.10. The normalized spacial score (nSPS) is 11.2. The molecule has 74 heavy (non-hydrogen) atoms. The van der Waals surface area contributed by atoms with Crippen LogP contribution in [0.25, 0.3) is 127 Å². The highest BCUT2D eigenvalue weighted by Crippen LogP contribution is 2.41. The number of nitrogens with zero attached hydrogens (tertiary/aromatic N) is 8. The van der Waals surface area contributed by atoms with Crippen molar-refractivity contribution >= 4 is 49.3 Å². The molecular formula is C66H38N8. The number of benzene rings is 10. The molecule has 0 aliphatic rings. The zero-order chi connectivity index (χ0) is 49.7. The molecule has 0 N–H and O–H groups in total. The monoisotopic (exact) mass is 942 g/mol. The summed E-state index contributed by atoms with van der Waals surface area (Å²) in [6.45, 7) is 7.97. The molecule has 3 aromatic heterocycles. The minimum atomic E-state index is 0.423. The van der Waals surface area contributed by atoms with Crippen LogP contribution >= 0.6 is 0 Å². The highest BCUT2D eigenvalue weighted by Gasteiger charge is 2.23. The van der Waals surface area contributed by atoms with Crippen LogP contribution in [0.15, 0.2) is 231 Å². The number of fused-ring (bicyclic) bond motifs is 6. The Morgan fingerprint density at radius 3 is 1.32 bits per heavy atom. The molecule has 8 nitrogen and oxygen atoms in total. The van der Waals surface area contributed by atoms with E-state index >= 15 is 0 Å². The van der Waals surface area contributed by atoms with E-state index in [-0.39, 0.29) is 0 Å². The van der Waals surface area contributed by atoms with Crippen molar-refractivity contribution in [2.75, 3.05) is 0 Å². The topological polar surface area (TPSA) is 100 Å². The maximum absolute atomic E-state index is 10.2. The summed E-state index contributed by atoms with van der Waals surface area (Å²) < 4.78 is 4.56. The van der Waals surface area contributed by atoms with Crippen molar-refractivity contribution in [2.24, 2.45) is 0 Å². The lowest BCUT2D eigenvalue weighted by Crippen LogP contribution is -2.04. The summed E-state index contributed by atoms with van der Waals surface area (Å²) in [5.74, 6) is 1.29. The third-order valence-corrected chi connectivity index (χ3v) is 13.9. The first-order valence-corrected chi connectivity index (χ1v) is 24.2. The first-order valence-electron chi connectivity index (χ1n) is 24.2. The van der Waals surface area contributed by atoms with E-state index in [4.69, 9.17) is 21.5 Å². The molecular weight excluding hydrogens is 905 g/mol. The van der Waals surface area contributed by atoms with Gasteiger partial charge in [0.1, 0.15) is 0 Å². The van der Waals surface area contributed by atoms with Gasteiger partial charge >= 0.3 is 0 Å². The van der Waals surface area contributed by atoms with Crippen LogP contribution in [0.1, 0.15) is 11.1 Å². The Kier molecular flexibility index (Phi) is 10.5. The molecule has 13 aromatic rings. The van der Waals surface area contributed by atoms with Crippen LogP contribution in [0.5, 0.6) is 0 Å². The molecule has 10 aromatic carbocycles. The fourth-order valence-electron chi connectivity index (χ4n) is 10.5. The summed E-state index contributed by atoms with van der Waals surface area (Å²) in [6, 6.07) is 82.0. The largest absolute Gasteiger partial charge is 0.309 e. The number of rotatable bonds is 8. The van der Waals surface area contributed by atoms with E-state index in [1.807, 2.05) is 97.1 Å². The zero-order valence-corrected chi connectivity index (χ0v) is 39.5. The molecule has 3 heterocycles. The average molecular weight is 943 g/mol. The number of nitriles is 2. The summed E-state index contributed by atoms with van der Waals surface area (Å²) in [7, 11) is 0. The maximum atomic E-state index is 10.2. The smallest absolute Gasteiger partial charge is 0.187 e. The van der Waals surface area contributed by atoms with Gasteiger partial charge in [0.2, 0.25) is 0 Å². The van der Waals surface area contributed by atoms with Crippen molar-refractivity contribution < 1.29 is 0 Å². The fraction of sp³-hybridized carbons (Fsp3) is 0. The second-order valence-corrected chi connectivity index (χ2v) is 18.1. The second kappa shape index (κ2) is 17.9. The lowest BCUT2D eigenvalue weighted by Gasteiger charge is -2.17. The van der Waals surface area contributed by atoms with Crippen molar-refractivity contribution in [3.63, 3.8) is 0 Å². The van der Waals surface area contributed by atoms with Crippen LogP contribution in [-0.2, 0) is 0 Å². The van der Waals surface area contributed by atoms with Crippen molar-refractivity contribution in [3.8, 4) is 91.1 Å². The minimum absolute atomic E-state index is 0.423. The highest BCUT2D eigenvalue weighted by atomic mass is 15.0. The van der Waals surface area contributed by atoms with Crippen LogP contribution in [0.3, 0.4) is 0 Å². The van der Waals surface area contributed by atoms with Gasteiger partial charge in [0.05, 0.1) is 51.9 Å². The quantitative estimate of drug-likeness (QED) is 0.141. The van der Waals surface area contributed by atoms with E-state index in [9.17, 15) is 10.5 Å². The van der Waals surface area contributed by atoms with E-state index in [1.165, 1.54) is 0 Å². The molecule has 342 valence electrons. The van der Waals surface area contributed by atoms with Gasteiger partial charge in [-0.3, -0.25) is 0 Å². The Balaban J connectivity index is 1.11. The van der Waals surface area contributed by atoms with Gasteiger partial charge in [-0.25, -0.2) is 19.8 Å². The number of para-hydroxylation sites is 4. The molecule has 8 heteroatoms. The summed E-state index contributed by atoms with van der Waals surface area (Å²) in [6.07, 6.45) is 0. The molecule has 0 aliphatic heterocycles. The summed E-state index contributed by atoms with van der Waals surface area (Å²) in [5, 5.41) is 24.7. The van der Waals surface area contributed by atoms with Gasteiger partial charge in [-0.1, -0.05) is 158 Å². The molecule has 13 rings (SSSR count). The standard InChI is InChI=1S/C66H38N8/c1-69-48-18-13-17-46(37-48)53-35-33-50(74-62-26-10-6-22-56(62)57-23-7-11-27-63(57)74)39-59(53)66-71-64(44-30-28-43(29-31-44)51-19-3-2-15-47(51)41-68)70-65(72-66)58-38-49(32-34-52(58)45-16-12-14-42(36-45)40-67)73-60-24-8-4-20-54(60)55-21-5-9-25-61(55)73/h2-39H. The molecule has 0 unspecified atom stereocenters. The Hall–Kier alpha value is -10.7. The first kappa shape index (κ1) is 43.3. The van der Waals surface area contributed by atoms with E-state index < -0.39 is 0 Å². The van der Waals surface area contributed by atoms with Crippen molar-refractivity contribution in [1.29, 1.82) is 10.5 Å². The first-order chi connectivity index (χ1) is 36.5. The second-order valence-electron chi connectivity index (χ2n) is 18.1. The Morgan fingerprint density at radius 1 is 0.351 bits per heavy atom. The molecule has 0 amide bonds. The van der Waals surface area contributed by atoms with Crippen molar-refractivity contribution in [2.45, 2.75) is 0 Å². The lowest BCUT2D eigenvalue weighted by molar-refractivity contribution is 1.07. The van der Waals surface area contributed by atoms with Gasteiger partial charge in [-0.05, 0) is 106 Å². The van der Waals surface area contributed by atoms with Crippen LogP contribution in [0, 0.1) is 29.2 Å². The van der Waals surface area contributed by atoms with Crippen LogP contribution in [-0.4, -0.2) is 24.1 Å². The van der Waals surface area contributed by atoms with Crippen molar-refractivity contribution in [1.82, 2.24) is 24.1 Å². The van der Waals surface area contributed by atoms with Gasteiger partial charge in [0.15, 0.2) is 23.2 Å². The third kappa shape index (κ3) is 7.33. The predicted molar refractivity (Wildman–Crippen MR) is 297 cm³/mol. The van der Waals surface area contributed by atoms with Gasteiger partial charge in [0, 0.05) is 49.6 Å². The summed E-state index contributed by atoms with van der Waals surface area (Å²) in [4.78, 5) is 20.2. The SMILES string of the molecule is [C-]#[N+]c1cccc(-c2ccc(-n3c4ccccc4c4ccccc43)cc2-c2nc(-c3ccc(-c4ccccc4C#N)cc3)nc(-c3cc(-n4c5ccccc5c5ccccc54)ccc3-c3cccc(C#N)c3)n2)c1. The third-order valence-electron chi connectivity index (χ3n) is 13.9. The molecule has 0 saturated heterocycles. The van der Waals surface area contributed by atoms with Crippen LogP contribution in [0.4, 0.5) is 5.69 Å². The molecule has 0 atom stereocenters. The van der Waals surface area contributed by atoms with Gasteiger partial charge < -0.3 is 9.13 Å². The zero-order valence-electron chi connectivity index (χ0n) is 39.5. The predicted octanol–water partition coefficient (Wildman–Crippen LogP) is 16.4. The van der Waals surface area contributed by atoms with E-state index in [0.29, 0.717) is 34.3 Å². The van der Waals surface area contributed by atoms with Gasteiger partial charge in [-0.2, -0.15) is 10.5 Å².